The van der Waals surface area contributed by atoms with Crippen molar-refractivity contribution in [2.45, 2.75) is 36.1 Å². The van der Waals surface area contributed by atoms with Crippen LogP contribution in [0, 0.1) is 0 Å². The number of nitrogens with zero attached hydrogens (tertiary/aromatic N) is 2. The summed E-state index contributed by atoms with van der Waals surface area (Å²) in [4.78, 5) is 22.3. The maximum Gasteiger partial charge on any atom is 0.251 e. The monoisotopic (exact) mass is 436 g/mol. The lowest BCUT2D eigenvalue weighted by molar-refractivity contribution is 0.0940. The average Bonchev–Trinajstić information content (AvgIpc) is 3.29. The third-order valence-corrected chi connectivity index (χ3v) is 6.35. The van der Waals surface area contributed by atoms with Gasteiger partial charge in [0.2, 0.25) is 0 Å². The normalized spacial score (nSPS) is 19.0. The van der Waals surface area contributed by atoms with Gasteiger partial charge in [0.1, 0.15) is 5.82 Å². The topological polar surface area (TPSA) is 104 Å². The Kier molecular flexibility index (Phi) is 6.89. The second kappa shape index (κ2) is 9.98. The van der Waals surface area contributed by atoms with E-state index in [4.69, 9.17) is 5.73 Å². The van der Waals surface area contributed by atoms with Crippen molar-refractivity contribution in [2.24, 2.45) is 4.99 Å². The summed E-state index contributed by atoms with van der Waals surface area (Å²) >= 11 is 1.63. The molecule has 1 aromatic carbocycles. The maximum absolute atomic E-state index is 12.5. The lowest BCUT2D eigenvalue weighted by Crippen LogP contribution is -2.36. The number of pyridine rings is 1. The van der Waals surface area contributed by atoms with Crippen molar-refractivity contribution in [1.82, 2.24) is 15.6 Å². The molecule has 0 saturated carbocycles. The third-order valence-electron chi connectivity index (χ3n) is 5.27. The Hall–Kier alpha value is -2.84. The number of carbonyl (C=O) groups excluding carboxylic acids is 1. The number of allylic oxidation sites excluding steroid dienone is 1. The van der Waals surface area contributed by atoms with E-state index in [1.807, 2.05) is 18.3 Å². The van der Waals surface area contributed by atoms with Crippen LogP contribution in [-0.2, 0) is 0 Å². The number of dihydropyridines is 1. The molecule has 31 heavy (non-hydrogen) atoms. The fraction of sp³-hybridized carbons (Fsp3) is 0.348. The summed E-state index contributed by atoms with van der Waals surface area (Å²) in [6.07, 6.45) is 7.71. The van der Waals surface area contributed by atoms with Crippen LogP contribution in [0.5, 0.6) is 0 Å². The zero-order chi connectivity index (χ0) is 21.6. The van der Waals surface area contributed by atoms with Gasteiger partial charge in [-0.25, -0.2) is 4.98 Å². The lowest BCUT2D eigenvalue weighted by atomic mass is 10.0. The van der Waals surface area contributed by atoms with Crippen LogP contribution in [0.3, 0.4) is 0 Å². The Morgan fingerprint density at radius 3 is 3.00 bits per heavy atom. The highest BCUT2D eigenvalue weighted by Crippen LogP contribution is 2.32. The SMILES string of the molecule is CC(Nc1cc(C(=O)NC2CCNC2)ccn1)Sc1cc(C2=CCCN=C2)ccc1N. The minimum Gasteiger partial charge on any atom is -0.398 e. The summed E-state index contributed by atoms with van der Waals surface area (Å²) in [6, 6.07) is 9.79. The van der Waals surface area contributed by atoms with Crippen molar-refractivity contribution >= 4 is 41.0 Å². The zero-order valence-electron chi connectivity index (χ0n) is 17.6. The molecule has 2 aliphatic rings. The summed E-state index contributed by atoms with van der Waals surface area (Å²) in [7, 11) is 0. The van der Waals surface area contributed by atoms with Crippen molar-refractivity contribution in [3.63, 3.8) is 0 Å². The largest absolute Gasteiger partial charge is 0.398 e. The molecule has 2 aliphatic heterocycles. The quantitative estimate of drug-likeness (QED) is 0.302. The minimum atomic E-state index is -0.0705. The number of benzene rings is 1. The van der Waals surface area contributed by atoms with Crippen LogP contribution in [0.2, 0.25) is 0 Å². The van der Waals surface area contributed by atoms with Crippen LogP contribution in [0.1, 0.15) is 35.7 Å². The van der Waals surface area contributed by atoms with E-state index in [2.05, 4.69) is 45.0 Å². The number of anilines is 2. The molecule has 2 atom stereocenters. The van der Waals surface area contributed by atoms with Gasteiger partial charge >= 0.3 is 0 Å². The number of nitrogens with one attached hydrogen (secondary N) is 3. The number of thioether (sulfide) groups is 1. The number of nitrogens with two attached hydrogens (primary N) is 1. The van der Waals surface area contributed by atoms with E-state index in [1.54, 1.807) is 30.1 Å². The van der Waals surface area contributed by atoms with Gasteiger partial charge in [0.15, 0.2) is 0 Å². The summed E-state index contributed by atoms with van der Waals surface area (Å²) in [5.74, 6) is 0.591. The predicted molar refractivity (Wildman–Crippen MR) is 129 cm³/mol. The highest BCUT2D eigenvalue weighted by molar-refractivity contribution is 8.00. The molecule has 2 aromatic rings. The van der Waals surface area contributed by atoms with Gasteiger partial charge < -0.3 is 21.7 Å². The molecule has 3 heterocycles. The second-order valence-electron chi connectivity index (χ2n) is 7.73. The number of hydrogen-bond acceptors (Lipinski definition) is 7. The molecule has 0 aliphatic carbocycles. The number of hydrogen-bond donors (Lipinski definition) is 4. The van der Waals surface area contributed by atoms with Crippen molar-refractivity contribution in [2.75, 3.05) is 30.7 Å². The molecule has 0 radical (unpaired) electrons. The molecular formula is C23H28N6OS. The summed E-state index contributed by atoms with van der Waals surface area (Å²) in [5.41, 5.74) is 9.82. The molecule has 1 amide bonds. The Bertz CT molecular complexity index is 999. The van der Waals surface area contributed by atoms with Crippen molar-refractivity contribution in [3.8, 4) is 0 Å². The molecule has 1 saturated heterocycles. The van der Waals surface area contributed by atoms with E-state index in [1.165, 1.54) is 0 Å². The Morgan fingerprint density at radius 2 is 2.23 bits per heavy atom. The zero-order valence-corrected chi connectivity index (χ0v) is 18.4. The van der Waals surface area contributed by atoms with Gasteiger partial charge in [0.05, 0.1) is 5.37 Å². The van der Waals surface area contributed by atoms with Gasteiger partial charge in [0.25, 0.3) is 5.91 Å². The highest BCUT2D eigenvalue weighted by atomic mass is 32.2. The molecule has 8 heteroatoms. The van der Waals surface area contributed by atoms with Crippen LogP contribution >= 0.6 is 11.8 Å². The highest BCUT2D eigenvalue weighted by Gasteiger charge is 2.18. The second-order valence-corrected chi connectivity index (χ2v) is 9.12. The first-order chi connectivity index (χ1) is 15.1. The molecule has 1 aromatic heterocycles. The first-order valence-corrected chi connectivity index (χ1v) is 11.5. The van der Waals surface area contributed by atoms with Crippen LogP contribution in [0.25, 0.3) is 5.57 Å². The standard InChI is InChI=1S/C23H28N6OS/c1-15(31-21-11-16(4-5-20(21)24)18-3-2-8-25-13-18)28-22-12-17(6-10-27-22)23(30)29-19-7-9-26-14-19/h3-6,10-13,15,19,26H,2,7-9,14,24H2,1H3,(H,27,28)(H,29,30). The number of aromatic nitrogens is 1. The Labute approximate surface area is 187 Å². The molecule has 0 spiro atoms. The fourth-order valence-corrected chi connectivity index (χ4v) is 4.60. The molecule has 162 valence electrons. The number of aliphatic imine (C=N–C) groups is 1. The number of carbonyl (C=O) groups is 1. The van der Waals surface area contributed by atoms with Crippen molar-refractivity contribution < 1.29 is 4.79 Å². The first kappa shape index (κ1) is 21.4. The van der Waals surface area contributed by atoms with Gasteiger partial charge in [0, 0.05) is 47.7 Å². The van der Waals surface area contributed by atoms with Crippen LogP contribution in [0.4, 0.5) is 11.5 Å². The van der Waals surface area contributed by atoms with Gasteiger partial charge in [-0.3, -0.25) is 9.79 Å². The molecule has 5 N–H and O–H groups in total. The lowest BCUT2D eigenvalue weighted by Gasteiger charge is -2.17. The van der Waals surface area contributed by atoms with Gasteiger partial charge in [-0.05, 0) is 61.7 Å². The predicted octanol–water partition coefficient (Wildman–Crippen LogP) is 3.16. The molecule has 4 rings (SSSR count). The van der Waals surface area contributed by atoms with Crippen molar-refractivity contribution in [3.05, 3.63) is 53.7 Å². The van der Waals surface area contributed by atoms with Crippen LogP contribution in [0.15, 0.2) is 52.5 Å². The average molecular weight is 437 g/mol. The van der Waals surface area contributed by atoms with E-state index in [0.29, 0.717) is 11.4 Å². The van der Waals surface area contributed by atoms with E-state index in [0.717, 1.165) is 54.2 Å². The smallest absolute Gasteiger partial charge is 0.251 e. The first-order valence-electron chi connectivity index (χ1n) is 10.6. The molecule has 2 unspecified atom stereocenters. The molecule has 7 nitrogen and oxygen atoms in total. The van der Waals surface area contributed by atoms with Gasteiger partial charge in [-0.15, -0.1) is 0 Å². The van der Waals surface area contributed by atoms with E-state index >= 15 is 0 Å². The van der Waals surface area contributed by atoms with Gasteiger partial charge in [-0.1, -0.05) is 23.9 Å². The summed E-state index contributed by atoms with van der Waals surface area (Å²) < 4.78 is 0. The minimum absolute atomic E-state index is 0.0106. The summed E-state index contributed by atoms with van der Waals surface area (Å²) in [6.45, 7) is 4.66. The molecular weight excluding hydrogens is 408 g/mol. The Balaban J connectivity index is 1.40. The van der Waals surface area contributed by atoms with Gasteiger partial charge in [-0.2, -0.15) is 0 Å². The number of nitrogen functional groups attached to an aromatic ring is 1. The third kappa shape index (κ3) is 5.65. The van der Waals surface area contributed by atoms with E-state index in [-0.39, 0.29) is 17.3 Å². The van der Waals surface area contributed by atoms with Crippen LogP contribution < -0.4 is 21.7 Å². The van der Waals surface area contributed by atoms with E-state index in [9.17, 15) is 4.79 Å². The number of rotatable bonds is 7. The Morgan fingerprint density at radius 1 is 1.32 bits per heavy atom. The molecule has 0 bridgehead atoms. The number of amides is 1. The fourth-order valence-electron chi connectivity index (χ4n) is 3.64. The van der Waals surface area contributed by atoms with E-state index < -0.39 is 0 Å². The van der Waals surface area contributed by atoms with Crippen LogP contribution in [-0.4, -0.2) is 48.2 Å². The van der Waals surface area contributed by atoms with Crippen molar-refractivity contribution in [1.29, 1.82) is 0 Å². The maximum atomic E-state index is 12.5. The summed E-state index contributed by atoms with van der Waals surface area (Å²) in [5, 5.41) is 9.70. The molecule has 1 fully saturated rings.